The maximum absolute atomic E-state index is 13.5. The number of fused-ring (bicyclic) bond motifs is 5. The van der Waals surface area contributed by atoms with Crippen LogP contribution in [0.15, 0.2) is 29.1 Å². The van der Waals surface area contributed by atoms with E-state index in [0.717, 1.165) is 16.5 Å². The molecule has 0 spiro atoms. The number of nitrogens with zero attached hydrogens (tertiary/aromatic N) is 2. The molecule has 12 nitrogen and oxygen atoms in total. The van der Waals surface area contributed by atoms with Gasteiger partial charge in [-0.05, 0) is 49.6 Å². The maximum atomic E-state index is 13.5. The number of cyclic esters (lactones) is 1. The van der Waals surface area contributed by atoms with Crippen molar-refractivity contribution in [3.63, 3.8) is 0 Å². The van der Waals surface area contributed by atoms with Crippen LogP contribution < -0.4 is 15.2 Å². The molecule has 212 valence electrons. The lowest BCUT2D eigenvalue weighted by Crippen LogP contribution is -2.44. The molecule has 3 atom stereocenters. The number of aliphatic carboxylic acids is 1. The summed E-state index contributed by atoms with van der Waals surface area (Å²) in [5.41, 5.74) is 1.64. The highest BCUT2D eigenvalue weighted by atomic mass is 31.2. The molecule has 2 unspecified atom stereocenters. The van der Waals surface area contributed by atoms with Crippen LogP contribution in [0.5, 0.6) is 5.75 Å². The Morgan fingerprint density at radius 3 is 2.67 bits per heavy atom. The van der Waals surface area contributed by atoms with Crippen LogP contribution in [0, 0.1) is 0 Å². The molecule has 3 aromatic rings. The van der Waals surface area contributed by atoms with Crippen LogP contribution >= 0.6 is 7.52 Å². The lowest BCUT2D eigenvalue weighted by molar-refractivity contribution is -0.172. The summed E-state index contributed by atoms with van der Waals surface area (Å²) in [5, 5.41) is 23.6. The number of aliphatic hydroxyl groups is 1. The molecule has 2 aliphatic heterocycles. The number of hydrogen-bond donors (Lipinski definition) is 3. The Balaban J connectivity index is 1.61. The SMILES string of the molecule is CCc1c2c(nc3ccc(OP(=O)(COC)NC(C)C(=O)O)cc13)-c1cc3c(c(=O)n1C2)COC(=O)[C@]3(O)CC. The predicted octanol–water partition coefficient (Wildman–Crippen LogP) is 2.88. The average molecular weight is 572 g/mol. The number of ether oxygens (including phenoxy) is 2. The van der Waals surface area contributed by atoms with Gasteiger partial charge in [-0.1, -0.05) is 13.8 Å². The molecule has 3 N–H and O–H groups in total. The van der Waals surface area contributed by atoms with E-state index >= 15 is 0 Å². The Labute approximate surface area is 229 Å². The summed E-state index contributed by atoms with van der Waals surface area (Å²) in [6.45, 7) is 5.01. The van der Waals surface area contributed by atoms with E-state index < -0.39 is 31.1 Å². The monoisotopic (exact) mass is 571 g/mol. The van der Waals surface area contributed by atoms with Gasteiger partial charge in [-0.2, -0.15) is 0 Å². The second kappa shape index (κ2) is 10.1. The van der Waals surface area contributed by atoms with Crippen molar-refractivity contribution in [3.05, 3.63) is 56.9 Å². The zero-order chi connectivity index (χ0) is 29.0. The van der Waals surface area contributed by atoms with Crippen LogP contribution in [-0.2, 0) is 48.8 Å². The van der Waals surface area contributed by atoms with Gasteiger partial charge < -0.3 is 28.8 Å². The fourth-order valence-electron chi connectivity index (χ4n) is 5.38. The van der Waals surface area contributed by atoms with Gasteiger partial charge in [-0.3, -0.25) is 14.2 Å². The Morgan fingerprint density at radius 1 is 1.27 bits per heavy atom. The number of rotatable bonds is 9. The molecule has 0 amide bonds. The number of aromatic nitrogens is 2. The van der Waals surface area contributed by atoms with Crippen LogP contribution in [0.4, 0.5) is 0 Å². The first-order valence-corrected chi connectivity index (χ1v) is 14.7. The van der Waals surface area contributed by atoms with Gasteiger partial charge in [0.1, 0.15) is 24.7 Å². The minimum atomic E-state index is -3.74. The Morgan fingerprint density at radius 2 is 2.02 bits per heavy atom. The Hall–Kier alpha value is -3.57. The number of esters is 1. The maximum Gasteiger partial charge on any atom is 0.343 e. The third-order valence-corrected chi connectivity index (χ3v) is 9.33. The number of nitrogens with one attached hydrogen (secondary N) is 1. The summed E-state index contributed by atoms with van der Waals surface area (Å²) in [6.07, 6.45) is 0.290. The lowest BCUT2D eigenvalue weighted by Gasteiger charge is -2.31. The molecular weight excluding hydrogens is 541 g/mol. The molecule has 0 fully saturated rings. The average Bonchev–Trinajstić information content (AvgIpc) is 3.28. The van der Waals surface area contributed by atoms with E-state index in [2.05, 4.69) is 5.09 Å². The van der Waals surface area contributed by atoms with E-state index in [9.17, 15) is 29.2 Å². The highest BCUT2D eigenvalue weighted by molar-refractivity contribution is 7.57. The molecule has 0 aliphatic carbocycles. The van der Waals surface area contributed by atoms with Crippen LogP contribution in [0.1, 0.15) is 49.4 Å². The van der Waals surface area contributed by atoms with Gasteiger partial charge in [0.2, 0.25) is 0 Å². The van der Waals surface area contributed by atoms with Gasteiger partial charge in [-0.25, -0.2) is 14.9 Å². The van der Waals surface area contributed by atoms with Gasteiger partial charge >= 0.3 is 19.5 Å². The molecular formula is C27H30N3O9P. The molecule has 2 aromatic heterocycles. The first-order valence-electron chi connectivity index (χ1n) is 12.9. The zero-order valence-corrected chi connectivity index (χ0v) is 23.4. The molecule has 0 saturated heterocycles. The number of carbonyl (C=O) groups is 2. The normalized spacial score (nSPS) is 19.8. The van der Waals surface area contributed by atoms with Crippen LogP contribution in [0.3, 0.4) is 0 Å². The number of methoxy groups -OCH3 is 1. The third kappa shape index (κ3) is 4.41. The van der Waals surface area contributed by atoms with Crippen molar-refractivity contribution in [2.24, 2.45) is 0 Å². The van der Waals surface area contributed by atoms with E-state index in [1.807, 2.05) is 6.92 Å². The minimum Gasteiger partial charge on any atom is -0.480 e. The smallest absolute Gasteiger partial charge is 0.343 e. The molecule has 13 heteroatoms. The first kappa shape index (κ1) is 28.0. The van der Waals surface area contributed by atoms with E-state index in [1.54, 1.807) is 35.8 Å². The molecule has 5 rings (SSSR count). The second-order valence-electron chi connectivity index (χ2n) is 9.92. The molecule has 4 heterocycles. The molecule has 0 saturated carbocycles. The van der Waals surface area contributed by atoms with E-state index in [4.69, 9.17) is 19.0 Å². The topological polar surface area (TPSA) is 166 Å². The summed E-state index contributed by atoms with van der Waals surface area (Å²) in [6, 6.07) is 5.50. The zero-order valence-electron chi connectivity index (χ0n) is 22.5. The van der Waals surface area contributed by atoms with Crippen molar-refractivity contribution in [1.29, 1.82) is 0 Å². The van der Waals surface area contributed by atoms with Crippen LogP contribution in [-0.4, -0.2) is 51.2 Å². The summed E-state index contributed by atoms with van der Waals surface area (Å²) in [5.74, 6) is -1.73. The third-order valence-electron chi connectivity index (χ3n) is 7.44. The molecule has 40 heavy (non-hydrogen) atoms. The number of benzene rings is 1. The Bertz CT molecular complexity index is 1670. The van der Waals surface area contributed by atoms with Crippen molar-refractivity contribution in [1.82, 2.24) is 14.6 Å². The summed E-state index contributed by atoms with van der Waals surface area (Å²) >= 11 is 0. The van der Waals surface area contributed by atoms with Crippen molar-refractivity contribution >= 4 is 30.4 Å². The molecule has 2 aliphatic rings. The number of carboxylic acid groups (broad SMARTS) is 1. The number of carboxylic acids is 1. The van der Waals surface area contributed by atoms with Gasteiger partial charge in [0.05, 0.1) is 29.0 Å². The van der Waals surface area contributed by atoms with Crippen molar-refractivity contribution in [2.45, 2.75) is 58.4 Å². The highest BCUT2D eigenvalue weighted by Crippen LogP contribution is 2.45. The van der Waals surface area contributed by atoms with E-state index in [-0.39, 0.29) is 48.4 Å². The number of pyridine rings is 2. The van der Waals surface area contributed by atoms with Gasteiger partial charge in [0.15, 0.2) is 5.60 Å². The summed E-state index contributed by atoms with van der Waals surface area (Å²) in [7, 11) is -2.40. The van der Waals surface area contributed by atoms with Crippen molar-refractivity contribution in [2.75, 3.05) is 13.5 Å². The van der Waals surface area contributed by atoms with E-state index in [1.165, 1.54) is 14.0 Å². The fourth-order valence-corrected chi connectivity index (χ4v) is 7.06. The molecule has 0 bridgehead atoms. The largest absolute Gasteiger partial charge is 0.480 e. The lowest BCUT2D eigenvalue weighted by atomic mass is 9.86. The Kier molecular flexibility index (Phi) is 7.08. The second-order valence-corrected chi connectivity index (χ2v) is 12.0. The van der Waals surface area contributed by atoms with Gasteiger partial charge in [0.25, 0.3) is 5.56 Å². The van der Waals surface area contributed by atoms with Crippen LogP contribution in [0.25, 0.3) is 22.3 Å². The molecule has 0 radical (unpaired) electrons. The summed E-state index contributed by atoms with van der Waals surface area (Å²) in [4.78, 5) is 42.1. The number of carbonyl (C=O) groups excluding carboxylic acids is 1. The first-order chi connectivity index (χ1) is 19.0. The van der Waals surface area contributed by atoms with E-state index in [0.29, 0.717) is 23.3 Å². The minimum absolute atomic E-state index is 0.0513. The quantitative estimate of drug-likeness (QED) is 0.200. The molecule has 1 aromatic carbocycles. The predicted molar refractivity (Wildman–Crippen MR) is 144 cm³/mol. The van der Waals surface area contributed by atoms with Crippen molar-refractivity contribution in [3.8, 4) is 17.1 Å². The standard InChI is InChI=1S/C27H30N3O9P/c1-5-16-17-9-15(39-40(36,13-37-4)29-14(3)25(32)33)7-8-21(17)28-23-18(16)11-30-22(23)10-20-19(24(30)31)12-38-26(34)27(20,35)6-2/h7-10,14,35H,5-6,11-13H2,1-4H3,(H,29,36)(H,32,33)/t14?,27-,40?/m0/s1. The van der Waals surface area contributed by atoms with Crippen LogP contribution in [0.2, 0.25) is 0 Å². The van der Waals surface area contributed by atoms with Crippen molar-refractivity contribution < 1.29 is 38.4 Å². The number of aryl methyl sites for hydroxylation is 1. The number of hydrogen-bond acceptors (Lipinski definition) is 9. The summed E-state index contributed by atoms with van der Waals surface area (Å²) < 4.78 is 30.9. The fraction of sp³-hybridized carbons (Fsp3) is 0.407. The highest BCUT2D eigenvalue weighted by Gasteiger charge is 2.45. The van der Waals surface area contributed by atoms with Gasteiger partial charge in [-0.15, -0.1) is 0 Å². The van der Waals surface area contributed by atoms with Gasteiger partial charge in [0, 0.05) is 23.6 Å².